The molecule has 0 amide bonds. The first-order chi connectivity index (χ1) is 1.73. The molecule has 13 nitrogen and oxygen atoms in total. The fourth-order valence-corrected chi connectivity index (χ4v) is 0. The van der Waals surface area contributed by atoms with Crippen LogP contribution in [0.4, 0.5) is 4.79 Å². The fourth-order valence-electron chi connectivity index (χ4n) is 0. The number of carbonyl (C=O) groups is 1. The molecular weight excluding hydrogens is 266 g/mol. The second kappa shape index (κ2) is 234. The predicted molar refractivity (Wildman–Crippen MR) is 58.3 cm³/mol. The van der Waals surface area contributed by atoms with Gasteiger partial charge in [-0.05, 0) is 0 Å². The molecule has 0 unspecified atom stereocenters. The van der Waals surface area contributed by atoms with Gasteiger partial charge in [0, 0.05) is 59.1 Å². The Morgan fingerprint density at radius 2 is 0.500 bits per heavy atom. The second-order valence-corrected chi connectivity index (χ2v) is 0.283. The summed E-state index contributed by atoms with van der Waals surface area (Å²) in [5.74, 6) is 0. The van der Waals surface area contributed by atoms with Crippen molar-refractivity contribution >= 4 is 65.3 Å². The van der Waals surface area contributed by atoms with Crippen LogP contribution < -0.4 is 0 Å². The summed E-state index contributed by atoms with van der Waals surface area (Å²) < 4.78 is 0. The van der Waals surface area contributed by atoms with Gasteiger partial charge in [0.2, 0.25) is 0 Å². The predicted octanol–water partition coefficient (Wildman–Crippen LogP) is -8.79. The molecule has 2 radical (unpaired) electrons. The number of hydrogen-bond donors (Lipinski definition) is 2. The first kappa shape index (κ1) is 284. The third kappa shape index (κ3) is 3780. The van der Waals surface area contributed by atoms with Crippen LogP contribution in [0.5, 0.6) is 0 Å². The Hall–Kier alpha value is 0.870. The minimum atomic E-state index is -1.83. The van der Waals surface area contributed by atoms with Crippen molar-refractivity contribution < 1.29 is 69.8 Å². The van der Waals surface area contributed by atoms with Crippen LogP contribution in [-0.4, -0.2) is 130 Å². The molecule has 0 fully saturated rings. The molecule has 0 aromatic heterocycles. The number of hydrogen-bond acceptors (Lipinski definition) is 1. The monoisotopic (exact) mass is 288 g/mol. The van der Waals surface area contributed by atoms with Crippen molar-refractivity contribution in [1.29, 1.82) is 0 Å². The Balaban J connectivity index is -0.000000000682. The van der Waals surface area contributed by atoms with E-state index < -0.39 is 6.16 Å². The maximum atomic E-state index is 8.56. The van der Waals surface area contributed by atoms with Crippen molar-refractivity contribution in [2.45, 2.75) is 0 Å². The van der Waals surface area contributed by atoms with E-state index in [1.807, 2.05) is 0 Å². The average Bonchev–Trinajstić information content (AvgIpc) is 0.811. The average molecular weight is 288 g/mol. The van der Waals surface area contributed by atoms with Crippen molar-refractivity contribution in [1.82, 2.24) is 0 Å². The smallest absolute Gasteiger partial charge is 0.450 e. The first-order valence-electron chi connectivity index (χ1n) is 0.651. The Kier molecular flexibility index (Phi) is 4150. The van der Waals surface area contributed by atoms with Crippen LogP contribution in [0.2, 0.25) is 0 Å². The van der Waals surface area contributed by atoms with Gasteiger partial charge in [-0.15, -0.1) is 0 Å². The van der Waals surface area contributed by atoms with E-state index in [1.54, 1.807) is 0 Å². The van der Waals surface area contributed by atoms with Gasteiger partial charge in [0.15, 0.2) is 0 Å². The quantitative estimate of drug-likeness (QED) is 0.409. The van der Waals surface area contributed by atoms with Gasteiger partial charge < -0.3 is 65.0 Å². The summed E-state index contributed by atoms with van der Waals surface area (Å²) in [6.07, 6.45) is -1.83. The Bertz CT molecular complexity index is 36.9. The molecule has 0 spiro atoms. The zero-order chi connectivity index (χ0) is 3.58. The van der Waals surface area contributed by atoms with Crippen LogP contribution in [0.25, 0.3) is 0 Å². The Labute approximate surface area is 134 Å². The minimum Gasteiger partial charge on any atom is -0.450 e. The molecule has 0 atom stereocenters. The Morgan fingerprint density at radius 3 is 0.500 bits per heavy atom. The molecule has 0 heterocycles. The maximum Gasteiger partial charge on any atom is 0.503 e. The normalized spacial score (nSPS) is 1.50. The van der Waals surface area contributed by atoms with Gasteiger partial charge in [-0.2, -0.15) is 0 Å². The molecule has 15 heteroatoms. The summed E-state index contributed by atoms with van der Waals surface area (Å²) in [5, 5.41) is 13.9. The number of carboxylic acid groups (broad SMARTS) is 2. The molecule has 0 aliphatic carbocycles. The van der Waals surface area contributed by atoms with Crippen LogP contribution in [-0.2, 0) is 0 Å². The van der Waals surface area contributed by atoms with Crippen molar-refractivity contribution in [2.24, 2.45) is 0 Å². The van der Waals surface area contributed by atoms with E-state index >= 15 is 0 Å². The largest absolute Gasteiger partial charge is 0.503 e. The molecule has 22 N–H and O–H groups in total. The molecule has 0 saturated carbocycles. The number of rotatable bonds is 0. The SMILES string of the molecule is O.O.O.O.O.O.O.O.O.O.O=C(O)O.[Na].[Na]. The molecule has 0 aliphatic rings. The molecule has 0 aromatic rings. The standard InChI is InChI=1S/CH2O3.2Na.10H2O/c2-1(3)4;;;;;;;;;;;;/h(H2,2,3,4);;;10*1H2. The fraction of sp³-hybridized carbons (Fsp3) is 0. The summed E-state index contributed by atoms with van der Waals surface area (Å²) in [5.41, 5.74) is 0. The summed E-state index contributed by atoms with van der Waals surface area (Å²) in [7, 11) is 0. The van der Waals surface area contributed by atoms with Crippen molar-refractivity contribution in [3.8, 4) is 0 Å². The van der Waals surface area contributed by atoms with E-state index in [2.05, 4.69) is 0 Å². The summed E-state index contributed by atoms with van der Waals surface area (Å²) in [4.78, 5) is 8.56. The van der Waals surface area contributed by atoms with Gasteiger partial charge >= 0.3 is 6.16 Å². The molecule has 0 rings (SSSR count). The third-order valence-electron chi connectivity index (χ3n) is 0. The van der Waals surface area contributed by atoms with Crippen LogP contribution in [0.15, 0.2) is 0 Å². The first-order valence-corrected chi connectivity index (χ1v) is 0.651. The maximum absolute atomic E-state index is 8.56. The zero-order valence-corrected chi connectivity index (χ0v) is 12.8. The topological polar surface area (TPSA) is 373 Å². The zero-order valence-electron chi connectivity index (χ0n) is 8.80. The van der Waals surface area contributed by atoms with Crippen LogP contribution in [0.3, 0.4) is 0 Å². The molecule has 106 valence electrons. The van der Waals surface area contributed by atoms with Crippen LogP contribution >= 0.6 is 0 Å². The van der Waals surface area contributed by atoms with Gasteiger partial charge in [0.25, 0.3) is 0 Å². The van der Waals surface area contributed by atoms with Crippen LogP contribution in [0.1, 0.15) is 0 Å². The minimum absolute atomic E-state index is 0. The van der Waals surface area contributed by atoms with Crippen LogP contribution in [0, 0.1) is 0 Å². The van der Waals surface area contributed by atoms with E-state index in [1.165, 1.54) is 0 Å². The van der Waals surface area contributed by atoms with Gasteiger partial charge in [-0.25, -0.2) is 4.79 Å². The summed E-state index contributed by atoms with van der Waals surface area (Å²) >= 11 is 0. The third-order valence-corrected chi connectivity index (χ3v) is 0. The van der Waals surface area contributed by atoms with E-state index in [0.717, 1.165) is 0 Å². The van der Waals surface area contributed by atoms with Gasteiger partial charge in [-0.1, -0.05) is 0 Å². The van der Waals surface area contributed by atoms with E-state index in [9.17, 15) is 0 Å². The molecule has 16 heavy (non-hydrogen) atoms. The van der Waals surface area contributed by atoms with Crippen molar-refractivity contribution in [3.05, 3.63) is 0 Å². The second-order valence-electron chi connectivity index (χ2n) is 0.283. The molecule has 0 bridgehead atoms. The van der Waals surface area contributed by atoms with Gasteiger partial charge in [-0.3, -0.25) is 0 Å². The van der Waals surface area contributed by atoms with Gasteiger partial charge in [0.05, 0.1) is 0 Å². The molecule has 0 aromatic carbocycles. The van der Waals surface area contributed by atoms with Crippen molar-refractivity contribution in [2.75, 3.05) is 0 Å². The molecule has 0 aliphatic heterocycles. The van der Waals surface area contributed by atoms with Gasteiger partial charge in [0.1, 0.15) is 0 Å². The Morgan fingerprint density at radius 1 is 0.500 bits per heavy atom. The van der Waals surface area contributed by atoms with E-state index in [0.29, 0.717) is 0 Å². The van der Waals surface area contributed by atoms with E-state index in [-0.39, 0.29) is 114 Å². The summed E-state index contributed by atoms with van der Waals surface area (Å²) in [6, 6.07) is 0. The molecule has 0 saturated heterocycles. The summed E-state index contributed by atoms with van der Waals surface area (Å²) in [6.45, 7) is 0. The molecular formula is CH22Na2O13. The van der Waals surface area contributed by atoms with E-state index in [4.69, 9.17) is 15.0 Å². The van der Waals surface area contributed by atoms with Crippen molar-refractivity contribution in [3.63, 3.8) is 0 Å².